The number of fused-ring (bicyclic) bond motifs is 1. The molecule has 3 atom stereocenters. The highest BCUT2D eigenvalue weighted by molar-refractivity contribution is 5.75. The molecular formula is C16H23FN4O2. The molecule has 1 heterocycles. The number of benzene rings is 1. The third kappa shape index (κ3) is 3.63. The molecule has 1 aliphatic carbocycles. The summed E-state index contributed by atoms with van der Waals surface area (Å²) in [6.45, 7) is 1.51. The van der Waals surface area contributed by atoms with Crippen LogP contribution < -0.4 is 16.2 Å². The van der Waals surface area contributed by atoms with Crippen LogP contribution in [-0.2, 0) is 11.2 Å². The Kier molecular flexibility index (Phi) is 4.79. The number of ether oxygens (including phenoxy) is 1. The highest BCUT2D eigenvalue weighted by Gasteiger charge is 2.56. The Labute approximate surface area is 135 Å². The molecule has 1 aromatic carbocycles. The molecule has 1 saturated heterocycles. The van der Waals surface area contributed by atoms with Gasteiger partial charge in [-0.25, -0.2) is 14.6 Å². The molecule has 0 spiro atoms. The van der Waals surface area contributed by atoms with Gasteiger partial charge >= 0.3 is 6.03 Å². The average molecular weight is 322 g/mol. The van der Waals surface area contributed by atoms with Crippen molar-refractivity contribution in [3.8, 4) is 0 Å². The second-order valence-corrected chi connectivity index (χ2v) is 6.19. The van der Waals surface area contributed by atoms with Crippen molar-refractivity contribution in [2.24, 2.45) is 17.8 Å². The van der Waals surface area contributed by atoms with E-state index in [1.54, 1.807) is 19.2 Å². The summed E-state index contributed by atoms with van der Waals surface area (Å²) in [5.74, 6) is 1.44. The smallest absolute Gasteiger partial charge is 0.320 e. The van der Waals surface area contributed by atoms with Gasteiger partial charge < -0.3 is 9.64 Å². The topological polar surface area (TPSA) is 65.6 Å². The Morgan fingerprint density at radius 3 is 2.78 bits per heavy atom. The minimum Gasteiger partial charge on any atom is -0.347 e. The first kappa shape index (κ1) is 16.2. The van der Waals surface area contributed by atoms with Crippen molar-refractivity contribution in [2.75, 3.05) is 27.2 Å². The van der Waals surface area contributed by atoms with Crippen LogP contribution in [-0.4, -0.2) is 44.5 Å². The Balaban J connectivity index is 1.46. The second-order valence-electron chi connectivity index (χ2n) is 6.19. The van der Waals surface area contributed by atoms with E-state index < -0.39 is 6.35 Å². The van der Waals surface area contributed by atoms with Gasteiger partial charge in [0.2, 0.25) is 0 Å². The lowest BCUT2D eigenvalue weighted by atomic mass is 10.1. The molecule has 0 aromatic heterocycles. The third-order valence-electron chi connectivity index (χ3n) is 4.78. The number of hydrogen-bond acceptors (Lipinski definition) is 4. The summed E-state index contributed by atoms with van der Waals surface area (Å²) < 4.78 is 18.3. The number of nitrogens with one attached hydrogen (secondary N) is 3. The Bertz CT molecular complexity index is 559. The molecule has 0 radical (unpaired) electrons. The van der Waals surface area contributed by atoms with Crippen LogP contribution in [0, 0.1) is 23.6 Å². The number of piperidine rings is 1. The van der Waals surface area contributed by atoms with E-state index in [2.05, 4.69) is 16.2 Å². The van der Waals surface area contributed by atoms with E-state index in [0.29, 0.717) is 17.8 Å². The number of urea groups is 1. The van der Waals surface area contributed by atoms with Gasteiger partial charge in [-0.05, 0) is 48.9 Å². The predicted octanol–water partition coefficient (Wildman–Crippen LogP) is 0.910. The van der Waals surface area contributed by atoms with Crippen LogP contribution in [0.2, 0.25) is 0 Å². The van der Waals surface area contributed by atoms with E-state index in [9.17, 15) is 9.18 Å². The standard InChI is InChI=1S/C16H23FN4O2/c1-18-20-15(23-2)19-16(22)21-8-13-12(14(13)9-21)7-10-4-3-5-11(17)6-10/h3-6,12-15,18,20H,7-9H2,1-2H3,(H,19,22). The third-order valence-corrected chi connectivity index (χ3v) is 4.78. The fraction of sp³-hybridized carbons (Fsp3) is 0.562. The Hall–Kier alpha value is -1.70. The van der Waals surface area contributed by atoms with Crippen molar-refractivity contribution >= 4 is 6.03 Å². The maximum absolute atomic E-state index is 13.2. The summed E-state index contributed by atoms with van der Waals surface area (Å²) in [4.78, 5) is 14.0. The average Bonchev–Trinajstić information content (AvgIpc) is 2.97. The van der Waals surface area contributed by atoms with Gasteiger partial charge in [0.05, 0.1) is 0 Å². The van der Waals surface area contributed by atoms with Crippen molar-refractivity contribution in [2.45, 2.75) is 12.8 Å². The number of carbonyl (C=O) groups is 1. The van der Waals surface area contributed by atoms with Crippen molar-refractivity contribution < 1.29 is 13.9 Å². The van der Waals surface area contributed by atoms with E-state index in [0.717, 1.165) is 25.1 Å². The molecule has 2 amide bonds. The molecule has 2 fully saturated rings. The molecule has 3 rings (SSSR count). The fourth-order valence-corrected chi connectivity index (χ4v) is 3.54. The van der Waals surface area contributed by atoms with Crippen molar-refractivity contribution in [1.82, 2.24) is 21.1 Å². The summed E-state index contributed by atoms with van der Waals surface area (Å²) in [6, 6.07) is 6.66. The van der Waals surface area contributed by atoms with Crippen molar-refractivity contribution in [3.63, 3.8) is 0 Å². The van der Waals surface area contributed by atoms with Crippen LogP contribution in [0.25, 0.3) is 0 Å². The minimum absolute atomic E-state index is 0.128. The highest BCUT2D eigenvalue weighted by Crippen LogP contribution is 2.53. The summed E-state index contributed by atoms with van der Waals surface area (Å²) >= 11 is 0. The van der Waals surface area contributed by atoms with E-state index in [-0.39, 0.29) is 11.8 Å². The Morgan fingerprint density at radius 2 is 2.17 bits per heavy atom. The van der Waals surface area contributed by atoms with Gasteiger partial charge in [-0.15, -0.1) is 0 Å². The molecule has 7 heteroatoms. The highest BCUT2D eigenvalue weighted by atomic mass is 19.1. The van der Waals surface area contributed by atoms with Crippen molar-refractivity contribution in [3.05, 3.63) is 35.6 Å². The molecule has 1 saturated carbocycles. The molecule has 3 unspecified atom stereocenters. The van der Waals surface area contributed by atoms with Gasteiger partial charge in [0.25, 0.3) is 0 Å². The van der Waals surface area contributed by atoms with Gasteiger partial charge in [-0.1, -0.05) is 12.1 Å². The first-order chi connectivity index (χ1) is 11.1. The Morgan fingerprint density at radius 1 is 1.43 bits per heavy atom. The SMILES string of the molecule is CNNC(NC(=O)N1CC2C(Cc3cccc(F)c3)C2C1)OC. The summed E-state index contributed by atoms with van der Waals surface area (Å²) in [6.07, 6.45) is 0.331. The monoisotopic (exact) mass is 322 g/mol. The zero-order chi connectivity index (χ0) is 16.4. The number of likely N-dealkylation sites (tertiary alicyclic amines) is 1. The van der Waals surface area contributed by atoms with Crippen molar-refractivity contribution in [1.29, 1.82) is 0 Å². The van der Waals surface area contributed by atoms with Crippen LogP contribution in [0.5, 0.6) is 0 Å². The molecule has 3 N–H and O–H groups in total. The number of hydrogen-bond donors (Lipinski definition) is 3. The molecule has 1 aliphatic heterocycles. The quantitative estimate of drug-likeness (QED) is 0.538. The van der Waals surface area contributed by atoms with Gasteiger partial charge in [0, 0.05) is 20.2 Å². The molecule has 23 heavy (non-hydrogen) atoms. The molecule has 1 aromatic rings. The van der Waals surface area contributed by atoms with E-state index in [1.807, 2.05) is 11.0 Å². The zero-order valence-corrected chi connectivity index (χ0v) is 13.4. The summed E-state index contributed by atoms with van der Waals surface area (Å²) in [5.41, 5.74) is 6.56. The number of hydrazine groups is 1. The van der Waals surface area contributed by atoms with E-state index in [4.69, 9.17) is 4.74 Å². The molecular weight excluding hydrogens is 299 g/mol. The summed E-state index contributed by atoms with van der Waals surface area (Å²) in [7, 11) is 3.23. The first-order valence-electron chi connectivity index (χ1n) is 7.87. The number of methoxy groups -OCH3 is 1. The maximum atomic E-state index is 13.2. The normalized spacial score (nSPS) is 26.7. The molecule has 0 bridgehead atoms. The van der Waals surface area contributed by atoms with E-state index >= 15 is 0 Å². The number of halogens is 1. The molecule has 126 valence electrons. The zero-order valence-electron chi connectivity index (χ0n) is 13.4. The van der Waals surface area contributed by atoms with Gasteiger partial charge in [-0.2, -0.15) is 0 Å². The lowest BCUT2D eigenvalue weighted by Crippen LogP contribution is -2.54. The molecule has 2 aliphatic rings. The van der Waals surface area contributed by atoms with E-state index in [1.165, 1.54) is 13.2 Å². The predicted molar refractivity (Wildman–Crippen MR) is 83.7 cm³/mol. The second kappa shape index (κ2) is 6.82. The lowest BCUT2D eigenvalue weighted by Gasteiger charge is -2.24. The number of carbonyl (C=O) groups excluding carboxylic acids is 1. The molecule has 6 nitrogen and oxygen atoms in total. The number of rotatable bonds is 6. The number of amides is 2. The minimum atomic E-state index is -0.562. The van der Waals surface area contributed by atoms with Crippen LogP contribution >= 0.6 is 0 Å². The lowest BCUT2D eigenvalue weighted by molar-refractivity contribution is 0.0399. The van der Waals surface area contributed by atoms with Gasteiger partial charge in [-0.3, -0.25) is 10.7 Å². The van der Waals surface area contributed by atoms with Crippen LogP contribution in [0.15, 0.2) is 24.3 Å². The van der Waals surface area contributed by atoms with Crippen LogP contribution in [0.4, 0.5) is 9.18 Å². The number of nitrogens with zero attached hydrogens (tertiary/aromatic N) is 1. The largest absolute Gasteiger partial charge is 0.347 e. The summed E-state index contributed by atoms with van der Waals surface area (Å²) in [5, 5.41) is 2.76. The van der Waals surface area contributed by atoms with Crippen LogP contribution in [0.1, 0.15) is 5.56 Å². The van der Waals surface area contributed by atoms with Gasteiger partial charge in [0.1, 0.15) is 5.82 Å². The van der Waals surface area contributed by atoms with Crippen LogP contribution in [0.3, 0.4) is 0 Å². The fourth-order valence-electron chi connectivity index (χ4n) is 3.54. The maximum Gasteiger partial charge on any atom is 0.320 e. The van der Waals surface area contributed by atoms with Gasteiger partial charge in [0.15, 0.2) is 6.35 Å². The first-order valence-corrected chi connectivity index (χ1v) is 7.87.